The van der Waals surface area contributed by atoms with Gasteiger partial charge in [0.15, 0.2) is 0 Å². The number of rotatable bonds is 4. The molecular formula is C17H25BrN2O3. The van der Waals surface area contributed by atoms with Gasteiger partial charge in [-0.1, -0.05) is 22.0 Å². The average Bonchev–Trinajstić information content (AvgIpc) is 2.46. The molecule has 0 aliphatic carbocycles. The van der Waals surface area contributed by atoms with E-state index in [4.69, 9.17) is 9.47 Å². The standard InChI is InChI=1S/C17H25BrN2O3/c1-17(2,3)23-16(21)20-9-7-19(8-10-20)11-12-22-15-6-4-5-14(18)13-15/h4-6,13H,7-12H2,1-3H3. The zero-order chi connectivity index (χ0) is 16.9. The molecule has 2 rings (SSSR count). The van der Waals surface area contributed by atoms with E-state index in [0.29, 0.717) is 19.7 Å². The van der Waals surface area contributed by atoms with Gasteiger partial charge in [-0.3, -0.25) is 4.90 Å². The van der Waals surface area contributed by atoms with Crippen molar-refractivity contribution in [1.82, 2.24) is 9.80 Å². The molecule has 6 heteroatoms. The molecule has 1 heterocycles. The minimum absolute atomic E-state index is 0.220. The third-order valence-electron chi connectivity index (χ3n) is 3.50. The third kappa shape index (κ3) is 6.39. The summed E-state index contributed by atoms with van der Waals surface area (Å²) < 4.78 is 12.2. The van der Waals surface area contributed by atoms with Crippen LogP contribution < -0.4 is 4.74 Å². The highest BCUT2D eigenvalue weighted by atomic mass is 79.9. The number of carbonyl (C=O) groups is 1. The minimum atomic E-state index is -0.438. The van der Waals surface area contributed by atoms with Crippen LogP contribution in [-0.4, -0.2) is 60.8 Å². The van der Waals surface area contributed by atoms with Crippen LogP contribution in [0.3, 0.4) is 0 Å². The highest BCUT2D eigenvalue weighted by molar-refractivity contribution is 9.10. The summed E-state index contributed by atoms with van der Waals surface area (Å²) in [7, 11) is 0. The first-order chi connectivity index (χ1) is 10.8. The summed E-state index contributed by atoms with van der Waals surface area (Å²) in [6.45, 7) is 10.3. The Morgan fingerprint density at radius 2 is 1.91 bits per heavy atom. The summed E-state index contributed by atoms with van der Waals surface area (Å²) in [5.41, 5.74) is -0.438. The Balaban J connectivity index is 1.68. The first-order valence-corrected chi connectivity index (χ1v) is 8.71. The van der Waals surface area contributed by atoms with Gasteiger partial charge in [-0.2, -0.15) is 0 Å². The van der Waals surface area contributed by atoms with E-state index in [1.165, 1.54) is 0 Å². The van der Waals surface area contributed by atoms with Gasteiger partial charge in [-0.15, -0.1) is 0 Å². The number of halogens is 1. The zero-order valence-electron chi connectivity index (χ0n) is 14.0. The van der Waals surface area contributed by atoms with E-state index >= 15 is 0 Å². The van der Waals surface area contributed by atoms with Crippen LogP contribution in [0.2, 0.25) is 0 Å². The Morgan fingerprint density at radius 3 is 2.52 bits per heavy atom. The second-order valence-electron chi connectivity index (χ2n) is 6.61. The van der Waals surface area contributed by atoms with Crippen molar-refractivity contribution in [2.24, 2.45) is 0 Å². The van der Waals surface area contributed by atoms with E-state index in [1.54, 1.807) is 4.90 Å². The Bertz CT molecular complexity index is 523. The van der Waals surface area contributed by atoms with Crippen LogP contribution in [0.5, 0.6) is 5.75 Å². The normalized spacial score (nSPS) is 16.3. The lowest BCUT2D eigenvalue weighted by molar-refractivity contribution is 0.0137. The van der Waals surface area contributed by atoms with Crippen LogP contribution in [0.1, 0.15) is 20.8 Å². The van der Waals surface area contributed by atoms with Crippen molar-refractivity contribution in [1.29, 1.82) is 0 Å². The molecule has 0 aromatic heterocycles. The summed E-state index contributed by atoms with van der Waals surface area (Å²) >= 11 is 3.43. The third-order valence-corrected chi connectivity index (χ3v) is 3.99. The molecule has 1 aromatic rings. The summed E-state index contributed by atoms with van der Waals surface area (Å²) in [5, 5.41) is 0. The SMILES string of the molecule is CC(C)(C)OC(=O)N1CCN(CCOc2cccc(Br)c2)CC1. The van der Waals surface area contributed by atoms with Crippen molar-refractivity contribution in [3.63, 3.8) is 0 Å². The summed E-state index contributed by atoms with van der Waals surface area (Å²) in [6.07, 6.45) is -0.220. The Kier molecular flexibility index (Phi) is 6.30. The number of ether oxygens (including phenoxy) is 2. The molecule has 1 amide bonds. The van der Waals surface area contributed by atoms with Crippen molar-refractivity contribution in [2.45, 2.75) is 26.4 Å². The Morgan fingerprint density at radius 1 is 1.22 bits per heavy atom. The lowest BCUT2D eigenvalue weighted by atomic mass is 10.2. The Labute approximate surface area is 146 Å². The molecule has 23 heavy (non-hydrogen) atoms. The van der Waals surface area contributed by atoms with Crippen LogP contribution in [0.25, 0.3) is 0 Å². The number of piperazine rings is 1. The number of hydrogen-bond acceptors (Lipinski definition) is 4. The van der Waals surface area contributed by atoms with Gasteiger partial charge in [0.1, 0.15) is 18.0 Å². The highest BCUT2D eigenvalue weighted by Crippen LogP contribution is 2.17. The average molecular weight is 385 g/mol. The molecule has 0 atom stereocenters. The first-order valence-electron chi connectivity index (χ1n) is 7.92. The summed E-state index contributed by atoms with van der Waals surface area (Å²) in [4.78, 5) is 16.1. The van der Waals surface area contributed by atoms with Crippen LogP contribution in [0.15, 0.2) is 28.7 Å². The molecule has 0 N–H and O–H groups in total. The molecule has 1 aliphatic rings. The van der Waals surface area contributed by atoms with Gasteiger partial charge < -0.3 is 14.4 Å². The second-order valence-corrected chi connectivity index (χ2v) is 7.53. The molecule has 1 fully saturated rings. The quantitative estimate of drug-likeness (QED) is 0.797. The summed E-state index contributed by atoms with van der Waals surface area (Å²) in [6, 6.07) is 7.84. The van der Waals surface area contributed by atoms with Crippen LogP contribution in [0.4, 0.5) is 4.79 Å². The molecule has 0 saturated carbocycles. The van der Waals surface area contributed by atoms with E-state index in [-0.39, 0.29) is 6.09 Å². The zero-order valence-corrected chi connectivity index (χ0v) is 15.6. The summed E-state index contributed by atoms with van der Waals surface area (Å²) in [5.74, 6) is 0.867. The number of amides is 1. The van der Waals surface area contributed by atoms with Crippen LogP contribution in [-0.2, 0) is 4.74 Å². The number of benzene rings is 1. The maximum Gasteiger partial charge on any atom is 0.410 e. The predicted octanol–water partition coefficient (Wildman–Crippen LogP) is 3.38. The molecule has 0 unspecified atom stereocenters. The molecule has 1 aromatic carbocycles. The van der Waals surface area contributed by atoms with Crippen molar-refractivity contribution < 1.29 is 14.3 Å². The first kappa shape index (κ1) is 18.1. The Hall–Kier alpha value is -1.27. The number of nitrogens with zero attached hydrogens (tertiary/aromatic N) is 2. The minimum Gasteiger partial charge on any atom is -0.492 e. The monoisotopic (exact) mass is 384 g/mol. The van der Waals surface area contributed by atoms with Gasteiger partial charge in [0.05, 0.1) is 0 Å². The molecular weight excluding hydrogens is 360 g/mol. The maximum absolute atomic E-state index is 12.0. The van der Waals surface area contributed by atoms with E-state index < -0.39 is 5.60 Å². The molecule has 128 valence electrons. The fraction of sp³-hybridized carbons (Fsp3) is 0.588. The molecule has 0 spiro atoms. The van der Waals surface area contributed by atoms with E-state index in [2.05, 4.69) is 20.8 Å². The fourth-order valence-corrected chi connectivity index (χ4v) is 2.71. The molecule has 5 nitrogen and oxygen atoms in total. The predicted molar refractivity (Wildman–Crippen MR) is 93.9 cm³/mol. The van der Waals surface area contributed by atoms with E-state index in [1.807, 2.05) is 45.0 Å². The van der Waals surface area contributed by atoms with Crippen molar-refractivity contribution in [3.8, 4) is 5.75 Å². The second kappa shape index (κ2) is 8.02. The van der Waals surface area contributed by atoms with E-state index in [9.17, 15) is 4.79 Å². The lowest BCUT2D eigenvalue weighted by Crippen LogP contribution is -2.50. The number of hydrogen-bond donors (Lipinski definition) is 0. The van der Waals surface area contributed by atoms with Crippen LogP contribution in [0, 0.1) is 0 Å². The maximum atomic E-state index is 12.0. The fourth-order valence-electron chi connectivity index (χ4n) is 2.33. The molecule has 0 radical (unpaired) electrons. The van der Waals surface area contributed by atoms with Gasteiger partial charge in [-0.25, -0.2) is 4.79 Å². The number of carbonyl (C=O) groups excluding carboxylic acids is 1. The molecule has 1 aliphatic heterocycles. The van der Waals surface area contributed by atoms with Gasteiger partial charge in [0.2, 0.25) is 0 Å². The molecule has 1 saturated heterocycles. The van der Waals surface area contributed by atoms with Crippen molar-refractivity contribution in [2.75, 3.05) is 39.3 Å². The van der Waals surface area contributed by atoms with Crippen molar-refractivity contribution in [3.05, 3.63) is 28.7 Å². The smallest absolute Gasteiger partial charge is 0.410 e. The van der Waals surface area contributed by atoms with Gasteiger partial charge >= 0.3 is 6.09 Å². The van der Waals surface area contributed by atoms with Crippen molar-refractivity contribution >= 4 is 22.0 Å². The highest BCUT2D eigenvalue weighted by Gasteiger charge is 2.25. The molecule has 0 bridgehead atoms. The van der Waals surface area contributed by atoms with Gasteiger partial charge in [0.25, 0.3) is 0 Å². The van der Waals surface area contributed by atoms with Gasteiger partial charge in [-0.05, 0) is 39.0 Å². The topological polar surface area (TPSA) is 42.0 Å². The van der Waals surface area contributed by atoms with E-state index in [0.717, 1.165) is 29.9 Å². The van der Waals surface area contributed by atoms with Crippen LogP contribution >= 0.6 is 15.9 Å². The lowest BCUT2D eigenvalue weighted by Gasteiger charge is -2.35. The largest absolute Gasteiger partial charge is 0.492 e. The van der Waals surface area contributed by atoms with Gasteiger partial charge in [0, 0.05) is 37.2 Å².